The number of hydrogen-bond donors (Lipinski definition) is 0. The second-order valence-electron chi connectivity index (χ2n) is 7.38. The van der Waals surface area contributed by atoms with Crippen LogP contribution in [0.5, 0.6) is 0 Å². The number of para-hydroxylation sites is 1. The van der Waals surface area contributed by atoms with Crippen LogP contribution in [-0.2, 0) is 9.84 Å². The highest BCUT2D eigenvalue weighted by atomic mass is 32.2. The van der Waals surface area contributed by atoms with E-state index in [1.54, 1.807) is 18.2 Å². The van der Waals surface area contributed by atoms with E-state index in [9.17, 15) is 8.42 Å². The Kier molecular flexibility index (Phi) is 5.42. The summed E-state index contributed by atoms with van der Waals surface area (Å²) >= 11 is 0. The SMILES string of the molecule is CC[11CH2]N1CCC(c2cccc3cc(S(=O)(=O)c4ccccn4)cnc23)CC1. The van der Waals surface area contributed by atoms with E-state index in [4.69, 9.17) is 0 Å². The number of benzene rings is 1. The van der Waals surface area contributed by atoms with Gasteiger partial charge in [0.15, 0.2) is 5.03 Å². The van der Waals surface area contributed by atoms with Gasteiger partial charge in [-0.2, -0.15) is 0 Å². The molecule has 0 bridgehead atoms. The molecule has 0 atom stereocenters. The zero-order chi connectivity index (χ0) is 19.6. The minimum atomic E-state index is -3.66. The van der Waals surface area contributed by atoms with E-state index in [0.29, 0.717) is 5.92 Å². The van der Waals surface area contributed by atoms with Gasteiger partial charge in [-0.3, -0.25) is 4.98 Å². The molecule has 0 spiro atoms. The molecule has 1 saturated heterocycles. The number of likely N-dealkylation sites (tertiary alicyclic amines) is 1. The van der Waals surface area contributed by atoms with Crippen LogP contribution in [0.15, 0.2) is 64.8 Å². The van der Waals surface area contributed by atoms with Gasteiger partial charge < -0.3 is 4.90 Å². The van der Waals surface area contributed by atoms with Crippen LogP contribution in [0.25, 0.3) is 10.9 Å². The lowest BCUT2D eigenvalue weighted by Gasteiger charge is -2.32. The van der Waals surface area contributed by atoms with Gasteiger partial charge in [0, 0.05) is 17.8 Å². The lowest BCUT2D eigenvalue weighted by atomic mass is 9.85. The van der Waals surface area contributed by atoms with E-state index in [-0.39, 0.29) is 9.92 Å². The smallest absolute Gasteiger partial charge is 0.225 e. The van der Waals surface area contributed by atoms with E-state index in [1.807, 2.05) is 12.1 Å². The van der Waals surface area contributed by atoms with Crippen LogP contribution >= 0.6 is 0 Å². The largest absolute Gasteiger partial charge is 0.303 e. The van der Waals surface area contributed by atoms with Gasteiger partial charge in [-0.1, -0.05) is 31.2 Å². The van der Waals surface area contributed by atoms with E-state index in [2.05, 4.69) is 27.9 Å². The molecule has 0 saturated carbocycles. The lowest BCUT2D eigenvalue weighted by Crippen LogP contribution is -2.33. The van der Waals surface area contributed by atoms with Crippen molar-refractivity contribution in [3.8, 4) is 0 Å². The Labute approximate surface area is 166 Å². The molecular weight excluding hydrogens is 369 g/mol. The Hall–Kier alpha value is -2.31. The van der Waals surface area contributed by atoms with Gasteiger partial charge in [-0.15, -0.1) is 0 Å². The first kappa shape index (κ1) is 19.0. The van der Waals surface area contributed by atoms with Crippen molar-refractivity contribution in [1.82, 2.24) is 14.9 Å². The van der Waals surface area contributed by atoms with Crippen LogP contribution in [0.4, 0.5) is 0 Å². The van der Waals surface area contributed by atoms with Gasteiger partial charge in [0.25, 0.3) is 0 Å². The normalized spacial score (nSPS) is 16.5. The summed E-state index contributed by atoms with van der Waals surface area (Å²) in [6.45, 7) is 5.61. The van der Waals surface area contributed by atoms with Crippen molar-refractivity contribution in [3.63, 3.8) is 0 Å². The van der Waals surface area contributed by atoms with Crippen molar-refractivity contribution in [1.29, 1.82) is 0 Å². The molecular formula is C22H25N3O2S. The number of pyridine rings is 2. The monoisotopic (exact) mass is 394 g/mol. The minimum absolute atomic E-state index is 0.0515. The highest BCUT2D eigenvalue weighted by Gasteiger charge is 2.24. The van der Waals surface area contributed by atoms with Gasteiger partial charge in [0.2, 0.25) is 9.84 Å². The third-order valence-electron chi connectivity index (χ3n) is 5.51. The summed E-state index contributed by atoms with van der Waals surface area (Å²) in [6, 6.07) is 12.7. The molecule has 4 rings (SSSR count). The maximum atomic E-state index is 12.9. The Morgan fingerprint density at radius 1 is 1.07 bits per heavy atom. The van der Waals surface area contributed by atoms with E-state index in [1.165, 1.54) is 30.4 Å². The van der Waals surface area contributed by atoms with Crippen molar-refractivity contribution in [3.05, 3.63) is 60.4 Å². The molecule has 1 fully saturated rings. The molecule has 5 nitrogen and oxygen atoms in total. The first-order valence-electron chi connectivity index (χ1n) is 9.86. The lowest BCUT2D eigenvalue weighted by molar-refractivity contribution is 0.213. The van der Waals surface area contributed by atoms with Crippen LogP contribution in [0.1, 0.15) is 37.7 Å². The Bertz CT molecular complexity index is 1060. The fraction of sp³-hybridized carbons (Fsp3) is 0.364. The molecule has 2 aromatic heterocycles. The molecule has 1 aliphatic heterocycles. The minimum Gasteiger partial charge on any atom is -0.303 e. The summed E-state index contributed by atoms with van der Waals surface area (Å²) in [7, 11) is -3.66. The van der Waals surface area contributed by atoms with E-state index >= 15 is 0 Å². The molecule has 0 radical (unpaired) electrons. The third kappa shape index (κ3) is 3.66. The number of piperidine rings is 1. The highest BCUT2D eigenvalue weighted by molar-refractivity contribution is 7.91. The molecule has 0 aliphatic carbocycles. The highest BCUT2D eigenvalue weighted by Crippen LogP contribution is 2.33. The maximum Gasteiger partial charge on any atom is 0.225 e. The van der Waals surface area contributed by atoms with Gasteiger partial charge in [-0.25, -0.2) is 13.4 Å². The zero-order valence-corrected chi connectivity index (χ0v) is 16.9. The average molecular weight is 395 g/mol. The second-order valence-corrected chi connectivity index (χ2v) is 9.27. The fourth-order valence-corrected chi connectivity index (χ4v) is 5.22. The molecule has 1 aliphatic rings. The molecule has 3 heterocycles. The van der Waals surface area contributed by atoms with Gasteiger partial charge in [0.1, 0.15) is 0 Å². The van der Waals surface area contributed by atoms with E-state index in [0.717, 1.165) is 43.4 Å². The predicted molar refractivity (Wildman–Crippen MR) is 110 cm³/mol. The first-order valence-corrected chi connectivity index (χ1v) is 11.3. The molecule has 3 aromatic rings. The first-order chi connectivity index (χ1) is 13.6. The topological polar surface area (TPSA) is 63.2 Å². The van der Waals surface area contributed by atoms with Gasteiger partial charge in [0.05, 0.1) is 10.4 Å². The molecule has 0 amide bonds. The Morgan fingerprint density at radius 2 is 1.89 bits per heavy atom. The van der Waals surface area contributed by atoms with Crippen LogP contribution in [-0.4, -0.2) is 42.9 Å². The number of fused-ring (bicyclic) bond motifs is 1. The molecule has 0 unspecified atom stereocenters. The number of hydrogen-bond acceptors (Lipinski definition) is 5. The average Bonchev–Trinajstić information content (AvgIpc) is 2.74. The van der Waals surface area contributed by atoms with Crippen molar-refractivity contribution in [2.45, 2.75) is 42.0 Å². The van der Waals surface area contributed by atoms with Crippen LogP contribution < -0.4 is 0 Å². The Balaban J connectivity index is 1.66. The second kappa shape index (κ2) is 7.97. The quantitative estimate of drug-likeness (QED) is 0.653. The van der Waals surface area contributed by atoms with Gasteiger partial charge in [-0.05, 0) is 68.6 Å². The fourth-order valence-electron chi connectivity index (χ4n) is 4.05. The number of rotatable bonds is 5. The van der Waals surface area contributed by atoms with Crippen molar-refractivity contribution < 1.29 is 8.42 Å². The van der Waals surface area contributed by atoms with Gasteiger partial charge >= 0.3 is 0 Å². The standard InChI is InChI=1S/C22H25N3O2S/c1-2-12-25-13-9-17(10-14-25)20-7-5-6-18-15-19(16-24-22(18)20)28(26,27)21-8-3-4-11-23-21/h3-8,11,15-17H,2,9-10,12-14H2,1H3/i12-1. The van der Waals surface area contributed by atoms with Crippen molar-refractivity contribution >= 4 is 20.7 Å². The van der Waals surface area contributed by atoms with E-state index < -0.39 is 9.84 Å². The third-order valence-corrected chi connectivity index (χ3v) is 7.14. The summed E-state index contributed by atoms with van der Waals surface area (Å²) in [4.78, 5) is 11.3. The molecule has 1 aromatic carbocycles. The molecule has 146 valence electrons. The summed E-state index contributed by atoms with van der Waals surface area (Å²) in [5, 5.41) is 0.918. The summed E-state index contributed by atoms with van der Waals surface area (Å²) in [5.41, 5.74) is 2.15. The Morgan fingerprint density at radius 3 is 2.61 bits per heavy atom. The number of nitrogens with zero attached hydrogens (tertiary/aromatic N) is 3. The van der Waals surface area contributed by atoms with Crippen LogP contribution in [0.2, 0.25) is 0 Å². The van der Waals surface area contributed by atoms with Crippen molar-refractivity contribution in [2.75, 3.05) is 19.6 Å². The van der Waals surface area contributed by atoms with Crippen LogP contribution in [0.3, 0.4) is 0 Å². The molecule has 6 heteroatoms. The summed E-state index contributed by atoms with van der Waals surface area (Å²) in [5.74, 6) is 0.475. The predicted octanol–water partition coefficient (Wildman–Crippen LogP) is 4.05. The summed E-state index contributed by atoms with van der Waals surface area (Å²) in [6.07, 6.45) is 6.39. The summed E-state index contributed by atoms with van der Waals surface area (Å²) < 4.78 is 25.7. The van der Waals surface area contributed by atoms with Crippen molar-refractivity contribution in [2.24, 2.45) is 0 Å². The number of aromatic nitrogens is 2. The molecule has 0 N–H and O–H groups in total. The van der Waals surface area contributed by atoms with Crippen LogP contribution in [0, 0.1) is 0 Å². The zero-order valence-electron chi connectivity index (χ0n) is 16.1. The number of sulfone groups is 1. The molecule has 28 heavy (non-hydrogen) atoms. The maximum absolute atomic E-state index is 12.9.